The molecule has 1 aromatic heterocycles. The van der Waals surface area contributed by atoms with Gasteiger partial charge in [0.15, 0.2) is 6.10 Å². The summed E-state index contributed by atoms with van der Waals surface area (Å²) in [7, 11) is 0. The normalized spacial score (nSPS) is 14.1. The lowest BCUT2D eigenvalue weighted by atomic mass is 10.1. The average molecular weight is 352 g/mol. The SMILES string of the molecule is C[C@@H](OC(=O)c1ccc2c(c1)CCC2)c1nnc(-c2ccc(F)cc2)o1. The van der Waals surface area contributed by atoms with Crippen molar-refractivity contribution in [3.05, 3.63) is 70.9 Å². The zero-order valence-electron chi connectivity index (χ0n) is 14.2. The maximum absolute atomic E-state index is 13.0. The van der Waals surface area contributed by atoms with E-state index in [4.69, 9.17) is 9.15 Å². The van der Waals surface area contributed by atoms with Gasteiger partial charge in [0.25, 0.3) is 5.89 Å². The minimum Gasteiger partial charge on any atom is -0.449 e. The predicted octanol–water partition coefficient (Wildman–Crippen LogP) is 4.28. The van der Waals surface area contributed by atoms with Crippen molar-refractivity contribution in [1.82, 2.24) is 10.2 Å². The highest BCUT2D eigenvalue weighted by Crippen LogP contribution is 2.26. The van der Waals surface area contributed by atoms with Gasteiger partial charge in [-0.15, -0.1) is 10.2 Å². The van der Waals surface area contributed by atoms with Crippen molar-refractivity contribution in [3.8, 4) is 11.5 Å². The minimum absolute atomic E-state index is 0.193. The summed E-state index contributed by atoms with van der Waals surface area (Å²) in [5.41, 5.74) is 3.64. The van der Waals surface area contributed by atoms with Crippen molar-refractivity contribution >= 4 is 5.97 Å². The molecule has 5 nitrogen and oxygen atoms in total. The van der Waals surface area contributed by atoms with Gasteiger partial charge in [0.05, 0.1) is 5.56 Å². The molecule has 1 aliphatic carbocycles. The van der Waals surface area contributed by atoms with E-state index in [9.17, 15) is 9.18 Å². The highest BCUT2D eigenvalue weighted by Gasteiger charge is 2.21. The molecule has 3 aromatic rings. The summed E-state index contributed by atoms with van der Waals surface area (Å²) in [4.78, 5) is 12.4. The van der Waals surface area contributed by atoms with Gasteiger partial charge in [-0.3, -0.25) is 0 Å². The van der Waals surface area contributed by atoms with Gasteiger partial charge in [-0.25, -0.2) is 9.18 Å². The molecule has 0 fully saturated rings. The maximum atomic E-state index is 13.0. The molecule has 0 amide bonds. The van der Waals surface area contributed by atoms with E-state index in [1.165, 1.54) is 23.3 Å². The summed E-state index contributed by atoms with van der Waals surface area (Å²) in [6.45, 7) is 1.67. The third-order valence-electron chi connectivity index (χ3n) is 4.50. The third kappa shape index (κ3) is 3.22. The van der Waals surface area contributed by atoms with E-state index in [0.717, 1.165) is 19.3 Å². The van der Waals surface area contributed by atoms with Crippen LogP contribution in [0.25, 0.3) is 11.5 Å². The molecule has 0 N–H and O–H groups in total. The van der Waals surface area contributed by atoms with E-state index in [1.807, 2.05) is 12.1 Å². The highest BCUT2D eigenvalue weighted by atomic mass is 19.1. The molecule has 0 saturated heterocycles. The van der Waals surface area contributed by atoms with Crippen molar-refractivity contribution in [2.75, 3.05) is 0 Å². The van der Waals surface area contributed by atoms with Crippen molar-refractivity contribution in [1.29, 1.82) is 0 Å². The molecule has 4 rings (SSSR count). The van der Waals surface area contributed by atoms with Gasteiger partial charge < -0.3 is 9.15 Å². The molecular formula is C20H17FN2O3. The van der Waals surface area contributed by atoms with E-state index in [-0.39, 0.29) is 17.6 Å². The minimum atomic E-state index is -0.683. The summed E-state index contributed by atoms with van der Waals surface area (Å²) < 4.78 is 24.0. The van der Waals surface area contributed by atoms with Gasteiger partial charge >= 0.3 is 5.97 Å². The van der Waals surface area contributed by atoms with Crippen LogP contribution in [0.2, 0.25) is 0 Å². The number of rotatable bonds is 4. The van der Waals surface area contributed by atoms with E-state index in [0.29, 0.717) is 11.1 Å². The first-order valence-corrected chi connectivity index (χ1v) is 8.52. The average Bonchev–Trinajstić information content (AvgIpc) is 3.31. The molecule has 0 aliphatic heterocycles. The first-order chi connectivity index (χ1) is 12.6. The molecule has 1 heterocycles. The Bertz CT molecular complexity index is 950. The molecule has 1 atom stereocenters. The fourth-order valence-electron chi connectivity index (χ4n) is 3.09. The van der Waals surface area contributed by atoms with E-state index < -0.39 is 12.1 Å². The second-order valence-electron chi connectivity index (χ2n) is 6.34. The van der Waals surface area contributed by atoms with Crippen LogP contribution in [0, 0.1) is 5.82 Å². The summed E-state index contributed by atoms with van der Waals surface area (Å²) in [5.74, 6) is -0.321. The molecular weight excluding hydrogens is 335 g/mol. The van der Waals surface area contributed by atoms with Crippen molar-refractivity contribution in [2.45, 2.75) is 32.3 Å². The predicted molar refractivity (Wildman–Crippen MR) is 92.0 cm³/mol. The number of esters is 1. The molecule has 1 aliphatic rings. The van der Waals surface area contributed by atoms with Gasteiger partial charge in [-0.05, 0) is 73.7 Å². The van der Waals surface area contributed by atoms with Crippen LogP contribution in [0.1, 0.15) is 46.8 Å². The number of aryl methyl sites for hydroxylation is 2. The number of benzene rings is 2. The van der Waals surface area contributed by atoms with Gasteiger partial charge in [0.1, 0.15) is 5.82 Å². The molecule has 0 unspecified atom stereocenters. The fourth-order valence-corrected chi connectivity index (χ4v) is 3.09. The van der Waals surface area contributed by atoms with E-state index in [2.05, 4.69) is 10.2 Å². The zero-order valence-corrected chi connectivity index (χ0v) is 14.2. The first kappa shape index (κ1) is 16.4. The molecule has 0 saturated carbocycles. The summed E-state index contributed by atoms with van der Waals surface area (Å²) in [6.07, 6.45) is 2.50. The number of hydrogen-bond acceptors (Lipinski definition) is 5. The van der Waals surface area contributed by atoms with Crippen molar-refractivity contribution in [2.24, 2.45) is 0 Å². The van der Waals surface area contributed by atoms with Crippen LogP contribution < -0.4 is 0 Å². The Morgan fingerprint density at radius 3 is 2.69 bits per heavy atom. The number of ether oxygens (including phenoxy) is 1. The Labute approximate surface area is 149 Å². The summed E-state index contributed by atoms with van der Waals surface area (Å²) in [6, 6.07) is 11.4. The Hall–Kier alpha value is -3.02. The quantitative estimate of drug-likeness (QED) is 0.656. The number of aromatic nitrogens is 2. The zero-order chi connectivity index (χ0) is 18.1. The monoisotopic (exact) mass is 352 g/mol. The van der Waals surface area contributed by atoms with Gasteiger partial charge in [-0.1, -0.05) is 6.07 Å². The fraction of sp³-hybridized carbons (Fsp3) is 0.250. The van der Waals surface area contributed by atoms with Crippen molar-refractivity contribution in [3.63, 3.8) is 0 Å². The van der Waals surface area contributed by atoms with Crippen LogP contribution in [0.4, 0.5) is 4.39 Å². The van der Waals surface area contributed by atoms with Crippen LogP contribution in [0.3, 0.4) is 0 Å². The summed E-state index contributed by atoms with van der Waals surface area (Å²) >= 11 is 0. The van der Waals surface area contributed by atoms with Gasteiger partial charge in [0, 0.05) is 5.56 Å². The lowest BCUT2D eigenvalue weighted by Gasteiger charge is -2.10. The molecule has 0 radical (unpaired) electrons. The number of carbonyl (C=O) groups is 1. The Morgan fingerprint density at radius 1 is 1.12 bits per heavy atom. The number of nitrogens with zero attached hydrogens (tertiary/aromatic N) is 2. The second-order valence-corrected chi connectivity index (χ2v) is 6.34. The Balaban J connectivity index is 1.47. The standard InChI is InChI=1S/C20H17FN2O3/c1-12(18-22-23-19(26-18)14-7-9-17(21)10-8-14)25-20(24)16-6-5-13-3-2-4-15(13)11-16/h5-12H,2-4H2,1H3/t12-/m1/s1. The smallest absolute Gasteiger partial charge is 0.338 e. The lowest BCUT2D eigenvalue weighted by molar-refractivity contribution is 0.0280. The molecule has 2 aromatic carbocycles. The third-order valence-corrected chi connectivity index (χ3v) is 4.50. The Kier molecular flexibility index (Phi) is 4.24. The van der Waals surface area contributed by atoms with Gasteiger partial charge in [-0.2, -0.15) is 0 Å². The van der Waals surface area contributed by atoms with Crippen LogP contribution in [0.5, 0.6) is 0 Å². The topological polar surface area (TPSA) is 65.2 Å². The molecule has 26 heavy (non-hydrogen) atoms. The van der Waals surface area contributed by atoms with Gasteiger partial charge in [0.2, 0.25) is 5.89 Å². The molecule has 0 bridgehead atoms. The largest absolute Gasteiger partial charge is 0.449 e. The number of halogens is 1. The van der Waals surface area contributed by atoms with Crippen molar-refractivity contribution < 1.29 is 18.3 Å². The van der Waals surface area contributed by atoms with Crippen LogP contribution in [0.15, 0.2) is 46.9 Å². The lowest BCUT2D eigenvalue weighted by Crippen LogP contribution is -2.10. The van der Waals surface area contributed by atoms with E-state index in [1.54, 1.807) is 25.1 Å². The second kappa shape index (κ2) is 6.71. The summed E-state index contributed by atoms with van der Waals surface area (Å²) in [5, 5.41) is 7.87. The number of carbonyl (C=O) groups excluding carboxylic acids is 1. The van der Waals surface area contributed by atoms with Crippen LogP contribution >= 0.6 is 0 Å². The first-order valence-electron chi connectivity index (χ1n) is 8.52. The maximum Gasteiger partial charge on any atom is 0.338 e. The number of hydrogen-bond donors (Lipinski definition) is 0. The highest BCUT2D eigenvalue weighted by molar-refractivity contribution is 5.90. The molecule has 6 heteroatoms. The Morgan fingerprint density at radius 2 is 1.88 bits per heavy atom. The van der Waals surface area contributed by atoms with Crippen LogP contribution in [-0.4, -0.2) is 16.2 Å². The molecule has 132 valence electrons. The molecule has 0 spiro atoms. The van der Waals surface area contributed by atoms with E-state index >= 15 is 0 Å². The number of fused-ring (bicyclic) bond motifs is 1. The van der Waals surface area contributed by atoms with Crippen LogP contribution in [-0.2, 0) is 17.6 Å².